The molecule has 0 amide bonds. The Bertz CT molecular complexity index is 384. The minimum Gasteiger partial charge on any atom is -0.314 e. The second-order valence-electron chi connectivity index (χ2n) is 6.00. The predicted molar refractivity (Wildman–Crippen MR) is 73.2 cm³/mol. The fraction of sp³-hybridized carbons (Fsp3) is 0.600. The summed E-state index contributed by atoms with van der Waals surface area (Å²) in [5.41, 5.74) is 1.28. The summed E-state index contributed by atoms with van der Waals surface area (Å²) in [4.78, 5) is 2.50. The molecule has 1 saturated heterocycles. The third kappa shape index (κ3) is 4.07. The van der Waals surface area contributed by atoms with Crippen molar-refractivity contribution in [1.29, 1.82) is 0 Å². The molecular weight excluding hydrogens is 227 g/mol. The van der Waals surface area contributed by atoms with Crippen LogP contribution in [0.2, 0.25) is 0 Å². The van der Waals surface area contributed by atoms with Gasteiger partial charge in [0.1, 0.15) is 5.82 Å². The summed E-state index contributed by atoms with van der Waals surface area (Å²) in [5, 5.41) is 3.37. The van der Waals surface area contributed by atoms with Crippen molar-refractivity contribution in [3.63, 3.8) is 0 Å². The van der Waals surface area contributed by atoms with E-state index in [-0.39, 0.29) is 11.2 Å². The lowest BCUT2D eigenvalue weighted by Gasteiger charge is -2.35. The largest absolute Gasteiger partial charge is 0.314 e. The molecule has 1 heterocycles. The lowest BCUT2D eigenvalue weighted by molar-refractivity contribution is 0.160. The van der Waals surface area contributed by atoms with Crippen molar-refractivity contribution in [3.05, 3.63) is 35.6 Å². The summed E-state index contributed by atoms with van der Waals surface area (Å²) < 4.78 is 13.2. The first kappa shape index (κ1) is 13.5. The van der Waals surface area contributed by atoms with Gasteiger partial charge >= 0.3 is 0 Å². The minimum absolute atomic E-state index is 0.134. The minimum atomic E-state index is -0.134. The highest BCUT2D eigenvalue weighted by Crippen LogP contribution is 2.23. The van der Waals surface area contributed by atoms with E-state index in [0.717, 1.165) is 44.7 Å². The zero-order chi connectivity index (χ0) is 13.0. The third-order valence-corrected chi connectivity index (χ3v) is 3.43. The van der Waals surface area contributed by atoms with Crippen molar-refractivity contribution < 1.29 is 4.39 Å². The molecule has 1 aliphatic rings. The standard InChI is InChI=1S/C15H23FN2/c1-15(2,12-18-8-6-17-7-9-18)11-13-4-3-5-14(16)10-13/h3-5,10,17H,6-9,11-12H2,1-2H3. The lowest BCUT2D eigenvalue weighted by atomic mass is 9.85. The molecule has 0 saturated carbocycles. The van der Waals surface area contributed by atoms with Crippen LogP contribution in [0.1, 0.15) is 19.4 Å². The zero-order valence-corrected chi connectivity index (χ0v) is 11.4. The monoisotopic (exact) mass is 250 g/mol. The van der Waals surface area contributed by atoms with Crippen molar-refractivity contribution in [2.75, 3.05) is 32.7 Å². The van der Waals surface area contributed by atoms with E-state index in [1.165, 1.54) is 6.07 Å². The van der Waals surface area contributed by atoms with E-state index in [1.807, 2.05) is 6.07 Å². The smallest absolute Gasteiger partial charge is 0.123 e. The Hall–Kier alpha value is -0.930. The lowest BCUT2D eigenvalue weighted by Crippen LogP contribution is -2.47. The SMILES string of the molecule is CC(C)(Cc1cccc(F)c1)CN1CCNCC1. The number of halogens is 1. The van der Waals surface area contributed by atoms with Gasteiger partial charge in [-0.05, 0) is 29.5 Å². The molecule has 18 heavy (non-hydrogen) atoms. The van der Waals surface area contributed by atoms with Gasteiger partial charge in [-0.1, -0.05) is 26.0 Å². The summed E-state index contributed by atoms with van der Waals surface area (Å²) in [6.07, 6.45) is 0.925. The molecule has 2 rings (SSSR count). The third-order valence-electron chi connectivity index (χ3n) is 3.43. The van der Waals surface area contributed by atoms with Gasteiger partial charge in [0.25, 0.3) is 0 Å². The van der Waals surface area contributed by atoms with E-state index < -0.39 is 0 Å². The van der Waals surface area contributed by atoms with Gasteiger partial charge in [0.15, 0.2) is 0 Å². The summed E-state index contributed by atoms with van der Waals surface area (Å²) in [5.74, 6) is -0.134. The molecule has 1 aliphatic heterocycles. The van der Waals surface area contributed by atoms with Crippen molar-refractivity contribution in [3.8, 4) is 0 Å². The van der Waals surface area contributed by atoms with Crippen molar-refractivity contribution in [2.45, 2.75) is 20.3 Å². The average Bonchev–Trinajstić information content (AvgIpc) is 2.28. The van der Waals surface area contributed by atoms with Crippen LogP contribution in [-0.2, 0) is 6.42 Å². The molecule has 1 aromatic carbocycles. The summed E-state index contributed by atoms with van der Waals surface area (Å²) >= 11 is 0. The van der Waals surface area contributed by atoms with Gasteiger partial charge in [0.05, 0.1) is 0 Å². The van der Waals surface area contributed by atoms with Crippen LogP contribution in [0.25, 0.3) is 0 Å². The first-order valence-corrected chi connectivity index (χ1v) is 6.73. The molecule has 100 valence electrons. The number of rotatable bonds is 4. The van der Waals surface area contributed by atoms with Gasteiger partial charge in [-0.2, -0.15) is 0 Å². The molecule has 0 aliphatic carbocycles. The Morgan fingerprint density at radius 1 is 1.28 bits per heavy atom. The molecule has 0 unspecified atom stereocenters. The fourth-order valence-electron chi connectivity index (χ4n) is 2.73. The maximum Gasteiger partial charge on any atom is 0.123 e. The molecule has 2 nitrogen and oxygen atoms in total. The highest BCUT2D eigenvalue weighted by molar-refractivity contribution is 5.17. The molecule has 0 atom stereocenters. The van der Waals surface area contributed by atoms with Gasteiger partial charge in [-0.3, -0.25) is 0 Å². The van der Waals surface area contributed by atoms with Crippen LogP contribution in [0, 0.1) is 11.2 Å². The Balaban J connectivity index is 1.93. The maximum atomic E-state index is 13.2. The topological polar surface area (TPSA) is 15.3 Å². The number of hydrogen-bond acceptors (Lipinski definition) is 2. The van der Waals surface area contributed by atoms with Gasteiger partial charge in [-0.15, -0.1) is 0 Å². The maximum absolute atomic E-state index is 13.2. The zero-order valence-electron chi connectivity index (χ0n) is 11.4. The van der Waals surface area contributed by atoms with Crippen LogP contribution in [0.4, 0.5) is 4.39 Å². The molecule has 0 aromatic heterocycles. The molecule has 1 fully saturated rings. The van der Waals surface area contributed by atoms with E-state index in [4.69, 9.17) is 0 Å². The molecule has 0 bridgehead atoms. The summed E-state index contributed by atoms with van der Waals surface area (Å²) in [7, 11) is 0. The first-order valence-electron chi connectivity index (χ1n) is 6.73. The second kappa shape index (κ2) is 5.81. The summed E-state index contributed by atoms with van der Waals surface area (Å²) in [6, 6.07) is 6.97. The van der Waals surface area contributed by atoms with Crippen molar-refractivity contribution >= 4 is 0 Å². The van der Waals surface area contributed by atoms with E-state index in [2.05, 4.69) is 24.1 Å². The molecule has 1 N–H and O–H groups in total. The Labute approximate surface area is 109 Å². The molecule has 0 spiro atoms. The van der Waals surface area contributed by atoms with E-state index >= 15 is 0 Å². The van der Waals surface area contributed by atoms with Gasteiger partial charge in [0.2, 0.25) is 0 Å². The Morgan fingerprint density at radius 3 is 2.67 bits per heavy atom. The number of nitrogens with one attached hydrogen (secondary N) is 1. The predicted octanol–water partition coefficient (Wildman–Crippen LogP) is 2.30. The van der Waals surface area contributed by atoms with Crippen LogP contribution in [0.15, 0.2) is 24.3 Å². The van der Waals surface area contributed by atoms with E-state index in [1.54, 1.807) is 12.1 Å². The molecule has 0 radical (unpaired) electrons. The summed E-state index contributed by atoms with van der Waals surface area (Å²) in [6.45, 7) is 10.00. The Kier molecular flexibility index (Phi) is 4.36. The van der Waals surface area contributed by atoms with Crippen LogP contribution >= 0.6 is 0 Å². The molecule has 3 heteroatoms. The average molecular weight is 250 g/mol. The number of nitrogens with zero attached hydrogens (tertiary/aromatic N) is 1. The molecular formula is C15H23FN2. The quantitative estimate of drug-likeness (QED) is 0.882. The van der Waals surface area contributed by atoms with Crippen LogP contribution < -0.4 is 5.32 Å². The Morgan fingerprint density at radius 2 is 2.00 bits per heavy atom. The van der Waals surface area contributed by atoms with E-state index in [0.29, 0.717) is 0 Å². The van der Waals surface area contributed by atoms with Gasteiger partial charge in [0, 0.05) is 32.7 Å². The van der Waals surface area contributed by atoms with Gasteiger partial charge < -0.3 is 10.2 Å². The fourth-order valence-corrected chi connectivity index (χ4v) is 2.73. The number of hydrogen-bond donors (Lipinski definition) is 1. The normalized spacial score (nSPS) is 17.9. The molecule has 1 aromatic rings. The van der Waals surface area contributed by atoms with E-state index in [9.17, 15) is 4.39 Å². The van der Waals surface area contributed by atoms with Crippen LogP contribution in [0.3, 0.4) is 0 Å². The van der Waals surface area contributed by atoms with Crippen LogP contribution in [-0.4, -0.2) is 37.6 Å². The van der Waals surface area contributed by atoms with Crippen LogP contribution in [0.5, 0.6) is 0 Å². The highest BCUT2D eigenvalue weighted by atomic mass is 19.1. The highest BCUT2D eigenvalue weighted by Gasteiger charge is 2.23. The number of piperazine rings is 1. The first-order chi connectivity index (χ1) is 8.55. The van der Waals surface area contributed by atoms with Gasteiger partial charge in [-0.25, -0.2) is 4.39 Å². The second-order valence-corrected chi connectivity index (χ2v) is 6.00. The number of benzene rings is 1. The van der Waals surface area contributed by atoms with Crippen molar-refractivity contribution in [1.82, 2.24) is 10.2 Å². The van der Waals surface area contributed by atoms with Crippen molar-refractivity contribution in [2.24, 2.45) is 5.41 Å².